The number of methoxy groups -OCH3 is 1. The van der Waals surface area contributed by atoms with Crippen LogP contribution in [-0.4, -0.2) is 26.6 Å². The van der Waals surface area contributed by atoms with E-state index in [0.29, 0.717) is 11.3 Å². The second kappa shape index (κ2) is 5.72. The Balaban J connectivity index is 0.00000156. The maximum Gasteiger partial charge on any atom is 0.219 e. The van der Waals surface area contributed by atoms with Gasteiger partial charge in [0.2, 0.25) is 5.88 Å². The molecule has 0 saturated carbocycles. The highest BCUT2D eigenvalue weighted by Gasteiger charge is 2.15. The summed E-state index contributed by atoms with van der Waals surface area (Å²) in [5.74, 6) is 0.878. The summed E-state index contributed by atoms with van der Waals surface area (Å²) in [6.45, 7) is 1.77. The molecule has 7 heteroatoms. The second-order valence-electron chi connectivity index (χ2n) is 4.99. The van der Waals surface area contributed by atoms with Gasteiger partial charge in [-0.25, -0.2) is 4.98 Å². The van der Waals surface area contributed by atoms with Gasteiger partial charge in [0.05, 0.1) is 24.3 Å². The molecule has 23 heavy (non-hydrogen) atoms. The number of aryl methyl sites for hydroxylation is 1. The van der Waals surface area contributed by atoms with Gasteiger partial charge < -0.3 is 9.84 Å². The third-order valence-electron chi connectivity index (χ3n) is 3.69. The Kier molecular flexibility index (Phi) is 3.87. The van der Waals surface area contributed by atoms with E-state index in [1.807, 2.05) is 29.6 Å². The number of aromatic hydroxyl groups is 1. The fourth-order valence-corrected chi connectivity index (χ4v) is 3.37. The van der Waals surface area contributed by atoms with Gasteiger partial charge in [0, 0.05) is 16.5 Å². The van der Waals surface area contributed by atoms with Crippen LogP contribution >= 0.6 is 23.7 Å². The van der Waals surface area contributed by atoms with E-state index in [-0.39, 0.29) is 18.3 Å². The van der Waals surface area contributed by atoms with E-state index in [4.69, 9.17) is 4.74 Å². The Bertz CT molecular complexity index is 996. The lowest BCUT2D eigenvalue weighted by Crippen LogP contribution is -1.94. The highest BCUT2D eigenvalue weighted by molar-refractivity contribution is 7.13. The molecule has 4 aromatic rings. The van der Waals surface area contributed by atoms with Gasteiger partial charge in [-0.15, -0.1) is 23.7 Å². The lowest BCUT2D eigenvalue weighted by atomic mass is 10.1. The number of hydrogen-bond acceptors (Lipinski definition) is 5. The van der Waals surface area contributed by atoms with Crippen LogP contribution in [0.25, 0.3) is 27.1 Å². The molecule has 0 aliphatic heterocycles. The number of halogens is 1. The first-order valence-electron chi connectivity index (χ1n) is 6.77. The fourth-order valence-electron chi connectivity index (χ4n) is 2.63. The Morgan fingerprint density at radius 3 is 2.83 bits per heavy atom. The minimum Gasteiger partial charge on any atom is -0.496 e. The SMILES string of the molecule is COc1cc2c(cc1-c1cccs1)ncc1nc(C)c(O)n12.Cl. The summed E-state index contributed by atoms with van der Waals surface area (Å²) in [5.41, 5.74) is 3.74. The molecule has 3 aromatic heterocycles. The van der Waals surface area contributed by atoms with E-state index in [0.717, 1.165) is 27.2 Å². The fraction of sp³-hybridized carbons (Fsp3) is 0.125. The van der Waals surface area contributed by atoms with Gasteiger partial charge in [-0.1, -0.05) is 6.07 Å². The van der Waals surface area contributed by atoms with Crippen LogP contribution in [0, 0.1) is 6.92 Å². The van der Waals surface area contributed by atoms with Crippen LogP contribution in [0.2, 0.25) is 0 Å². The molecule has 0 fully saturated rings. The number of imidazole rings is 1. The predicted octanol–water partition coefficient (Wildman–Crippen LogP) is 4.06. The molecule has 1 aromatic carbocycles. The highest BCUT2D eigenvalue weighted by Crippen LogP contribution is 2.37. The quantitative estimate of drug-likeness (QED) is 0.594. The molecule has 118 valence electrons. The van der Waals surface area contributed by atoms with Crippen molar-refractivity contribution in [1.29, 1.82) is 0 Å². The van der Waals surface area contributed by atoms with Gasteiger partial charge in [0.1, 0.15) is 11.4 Å². The van der Waals surface area contributed by atoms with Crippen molar-refractivity contribution in [2.75, 3.05) is 7.11 Å². The summed E-state index contributed by atoms with van der Waals surface area (Å²) in [5, 5.41) is 12.3. The van der Waals surface area contributed by atoms with Crippen molar-refractivity contribution >= 4 is 40.4 Å². The Hall–Kier alpha value is -2.31. The minimum atomic E-state index is 0. The van der Waals surface area contributed by atoms with Crippen LogP contribution in [-0.2, 0) is 0 Å². The molecule has 4 rings (SSSR count). The number of ether oxygens (including phenoxy) is 1. The zero-order valence-electron chi connectivity index (χ0n) is 12.5. The number of nitrogens with zero attached hydrogens (tertiary/aromatic N) is 3. The second-order valence-corrected chi connectivity index (χ2v) is 5.94. The van der Waals surface area contributed by atoms with E-state index in [1.165, 1.54) is 0 Å². The number of aromatic nitrogens is 3. The summed E-state index contributed by atoms with van der Waals surface area (Å²) in [6, 6.07) is 7.93. The average Bonchev–Trinajstić information content (AvgIpc) is 3.15. The molecular weight excluding hydrogens is 334 g/mol. The highest BCUT2D eigenvalue weighted by atomic mass is 35.5. The summed E-state index contributed by atoms with van der Waals surface area (Å²) < 4.78 is 7.23. The van der Waals surface area contributed by atoms with E-state index >= 15 is 0 Å². The van der Waals surface area contributed by atoms with Crippen LogP contribution < -0.4 is 4.74 Å². The van der Waals surface area contributed by atoms with Crippen molar-refractivity contribution in [2.45, 2.75) is 6.92 Å². The maximum absolute atomic E-state index is 10.2. The van der Waals surface area contributed by atoms with Crippen molar-refractivity contribution in [1.82, 2.24) is 14.4 Å². The molecule has 0 spiro atoms. The standard InChI is InChI=1S/C16H13N3O2S.ClH/c1-9-16(20)19-12-7-13(21-2)10(14-4-3-5-22-14)6-11(12)17-8-15(19)18-9;/h3-8,20H,1-2H3;1H. The van der Waals surface area contributed by atoms with Crippen LogP contribution in [0.4, 0.5) is 0 Å². The summed E-state index contributed by atoms with van der Waals surface area (Å²) in [4.78, 5) is 9.88. The van der Waals surface area contributed by atoms with Crippen molar-refractivity contribution in [3.05, 3.63) is 41.5 Å². The van der Waals surface area contributed by atoms with Gasteiger partial charge in [-0.05, 0) is 24.4 Å². The van der Waals surface area contributed by atoms with Crippen molar-refractivity contribution in [2.24, 2.45) is 0 Å². The number of thiophene rings is 1. The Labute approximate surface area is 142 Å². The molecule has 0 unspecified atom stereocenters. The normalized spacial score (nSPS) is 10.9. The maximum atomic E-state index is 10.2. The first-order chi connectivity index (χ1) is 10.7. The molecule has 0 aliphatic carbocycles. The predicted molar refractivity (Wildman–Crippen MR) is 94.0 cm³/mol. The van der Waals surface area contributed by atoms with Crippen LogP contribution in [0.3, 0.4) is 0 Å². The smallest absolute Gasteiger partial charge is 0.219 e. The first kappa shape index (κ1) is 15.6. The number of hydrogen-bond donors (Lipinski definition) is 1. The minimum absolute atomic E-state index is 0. The lowest BCUT2D eigenvalue weighted by molar-refractivity contribution is 0.416. The van der Waals surface area contributed by atoms with E-state index < -0.39 is 0 Å². The summed E-state index contributed by atoms with van der Waals surface area (Å²) in [7, 11) is 1.64. The lowest BCUT2D eigenvalue weighted by Gasteiger charge is -2.10. The van der Waals surface area contributed by atoms with Crippen molar-refractivity contribution < 1.29 is 9.84 Å². The third-order valence-corrected chi connectivity index (χ3v) is 4.59. The Morgan fingerprint density at radius 2 is 2.13 bits per heavy atom. The largest absolute Gasteiger partial charge is 0.496 e. The number of fused-ring (bicyclic) bond motifs is 3. The van der Waals surface area contributed by atoms with Crippen LogP contribution in [0.1, 0.15) is 5.69 Å². The topological polar surface area (TPSA) is 59.7 Å². The number of benzene rings is 1. The molecule has 0 bridgehead atoms. The van der Waals surface area contributed by atoms with E-state index in [1.54, 1.807) is 36.0 Å². The molecule has 3 heterocycles. The molecule has 0 saturated heterocycles. The molecule has 0 atom stereocenters. The molecule has 0 aliphatic rings. The van der Waals surface area contributed by atoms with Gasteiger partial charge in [-0.3, -0.25) is 9.38 Å². The molecule has 1 N–H and O–H groups in total. The van der Waals surface area contributed by atoms with Gasteiger partial charge >= 0.3 is 0 Å². The van der Waals surface area contributed by atoms with Crippen molar-refractivity contribution in [3.63, 3.8) is 0 Å². The average molecular weight is 348 g/mol. The third kappa shape index (κ3) is 2.31. The van der Waals surface area contributed by atoms with Gasteiger partial charge in [-0.2, -0.15) is 0 Å². The van der Waals surface area contributed by atoms with Gasteiger partial charge in [0.15, 0.2) is 5.65 Å². The molecule has 0 amide bonds. The van der Waals surface area contributed by atoms with E-state index in [2.05, 4.69) is 9.97 Å². The first-order valence-corrected chi connectivity index (χ1v) is 7.65. The van der Waals surface area contributed by atoms with Crippen molar-refractivity contribution in [3.8, 4) is 22.1 Å². The van der Waals surface area contributed by atoms with E-state index in [9.17, 15) is 5.11 Å². The molecular formula is C16H14ClN3O2S. The molecule has 0 radical (unpaired) electrons. The number of rotatable bonds is 2. The summed E-state index contributed by atoms with van der Waals surface area (Å²) >= 11 is 1.65. The summed E-state index contributed by atoms with van der Waals surface area (Å²) in [6.07, 6.45) is 1.67. The zero-order valence-corrected chi connectivity index (χ0v) is 14.1. The Morgan fingerprint density at radius 1 is 1.30 bits per heavy atom. The zero-order chi connectivity index (χ0) is 15.3. The monoisotopic (exact) mass is 347 g/mol. The van der Waals surface area contributed by atoms with Crippen LogP contribution in [0.5, 0.6) is 11.6 Å². The van der Waals surface area contributed by atoms with Gasteiger partial charge in [0.25, 0.3) is 0 Å². The van der Waals surface area contributed by atoms with Crippen LogP contribution in [0.15, 0.2) is 35.8 Å². The molecule has 5 nitrogen and oxygen atoms in total.